The first kappa shape index (κ1) is 24.8. The number of hydrogen-bond donors (Lipinski definition) is 2. The maximum absolute atomic E-state index is 13.1. The lowest BCUT2D eigenvalue weighted by Crippen LogP contribution is -2.53. The maximum atomic E-state index is 13.1. The smallest absolute Gasteiger partial charge is 0.222 e. The first-order valence-corrected chi connectivity index (χ1v) is 9.96. The van der Waals surface area contributed by atoms with Crippen LogP contribution in [0.1, 0.15) is 5.56 Å². The number of nitrogens with two attached hydrogens (primary N) is 1. The van der Waals surface area contributed by atoms with Gasteiger partial charge >= 0.3 is 0 Å². The number of carbonyl (C=O) groups excluding carboxylic acids is 1. The SMILES string of the molecule is CN=C(NCC(Cc1ccc(F)cc1)C(N)=O)N1CCN(c2ccc(F)cc2)CC1.I. The van der Waals surface area contributed by atoms with Gasteiger partial charge in [-0.2, -0.15) is 0 Å². The monoisotopic (exact) mass is 543 g/mol. The van der Waals surface area contributed by atoms with E-state index in [0.29, 0.717) is 18.9 Å². The lowest BCUT2D eigenvalue weighted by molar-refractivity contribution is -0.121. The van der Waals surface area contributed by atoms with Gasteiger partial charge in [0.15, 0.2) is 5.96 Å². The molecule has 9 heteroatoms. The summed E-state index contributed by atoms with van der Waals surface area (Å²) in [5, 5.41) is 3.25. The second kappa shape index (κ2) is 11.8. The van der Waals surface area contributed by atoms with Crippen LogP contribution in [0.3, 0.4) is 0 Å². The second-order valence-electron chi connectivity index (χ2n) is 7.31. The number of benzene rings is 2. The van der Waals surface area contributed by atoms with Crippen LogP contribution in [-0.4, -0.2) is 56.5 Å². The molecule has 0 spiro atoms. The van der Waals surface area contributed by atoms with Gasteiger partial charge in [0.05, 0.1) is 5.92 Å². The standard InChI is InChI=1S/C22H27F2N5O.HI/c1-26-22(27-15-17(21(25)30)14-16-2-4-18(23)5-3-16)29-12-10-28(11-13-29)20-8-6-19(24)7-9-20;/h2-9,17H,10-15H2,1H3,(H2,25,30)(H,26,27);1H. The third-order valence-electron chi connectivity index (χ3n) is 5.29. The van der Waals surface area contributed by atoms with E-state index in [1.54, 1.807) is 31.3 Å². The van der Waals surface area contributed by atoms with Gasteiger partial charge in [-0.25, -0.2) is 8.78 Å². The van der Waals surface area contributed by atoms with Crippen molar-refractivity contribution in [3.63, 3.8) is 0 Å². The third kappa shape index (κ3) is 7.05. The first-order chi connectivity index (χ1) is 14.5. The summed E-state index contributed by atoms with van der Waals surface area (Å²) >= 11 is 0. The molecule has 3 N–H and O–H groups in total. The first-order valence-electron chi connectivity index (χ1n) is 9.96. The Hall–Kier alpha value is -2.43. The Morgan fingerprint density at radius 2 is 1.58 bits per heavy atom. The zero-order valence-corrected chi connectivity index (χ0v) is 19.8. The van der Waals surface area contributed by atoms with Crippen molar-refractivity contribution in [2.45, 2.75) is 6.42 Å². The molecule has 0 radical (unpaired) electrons. The molecule has 0 saturated carbocycles. The highest BCUT2D eigenvalue weighted by Crippen LogP contribution is 2.17. The van der Waals surface area contributed by atoms with Gasteiger partial charge < -0.3 is 20.9 Å². The average Bonchev–Trinajstić information content (AvgIpc) is 2.75. The molecule has 1 heterocycles. The molecule has 1 aliphatic rings. The van der Waals surface area contributed by atoms with E-state index < -0.39 is 11.8 Å². The van der Waals surface area contributed by atoms with E-state index in [1.807, 2.05) is 0 Å². The van der Waals surface area contributed by atoms with Crippen molar-refractivity contribution >= 4 is 41.5 Å². The highest BCUT2D eigenvalue weighted by Gasteiger charge is 2.22. The van der Waals surface area contributed by atoms with Crippen molar-refractivity contribution in [3.8, 4) is 0 Å². The molecular weight excluding hydrogens is 515 g/mol. The summed E-state index contributed by atoms with van der Waals surface area (Å²) in [6.07, 6.45) is 0.429. The Morgan fingerprint density at radius 3 is 2.10 bits per heavy atom. The van der Waals surface area contributed by atoms with Crippen molar-refractivity contribution in [1.29, 1.82) is 0 Å². The second-order valence-corrected chi connectivity index (χ2v) is 7.31. The highest BCUT2D eigenvalue weighted by molar-refractivity contribution is 14.0. The lowest BCUT2D eigenvalue weighted by atomic mass is 9.98. The summed E-state index contributed by atoms with van der Waals surface area (Å²) in [6.45, 7) is 3.40. The van der Waals surface area contributed by atoms with E-state index in [1.165, 1.54) is 24.3 Å². The Labute approximate surface area is 198 Å². The van der Waals surface area contributed by atoms with Crippen LogP contribution in [-0.2, 0) is 11.2 Å². The number of piperazine rings is 1. The fourth-order valence-corrected chi connectivity index (χ4v) is 3.55. The molecule has 3 rings (SSSR count). The van der Waals surface area contributed by atoms with Crippen molar-refractivity contribution in [2.24, 2.45) is 16.6 Å². The van der Waals surface area contributed by atoms with Crippen LogP contribution in [0.15, 0.2) is 53.5 Å². The summed E-state index contributed by atoms with van der Waals surface area (Å²) < 4.78 is 26.2. The van der Waals surface area contributed by atoms with Gasteiger partial charge in [0.25, 0.3) is 0 Å². The molecule has 6 nitrogen and oxygen atoms in total. The van der Waals surface area contributed by atoms with Crippen LogP contribution >= 0.6 is 24.0 Å². The largest absolute Gasteiger partial charge is 0.369 e. The molecule has 31 heavy (non-hydrogen) atoms. The number of hydrogen-bond acceptors (Lipinski definition) is 3. The Balaban J connectivity index is 0.00000341. The van der Waals surface area contributed by atoms with Crippen LogP contribution in [0.2, 0.25) is 0 Å². The van der Waals surface area contributed by atoms with Gasteiger partial charge in [-0.3, -0.25) is 9.79 Å². The third-order valence-corrected chi connectivity index (χ3v) is 5.29. The van der Waals surface area contributed by atoms with Crippen LogP contribution < -0.4 is 16.0 Å². The number of anilines is 1. The maximum Gasteiger partial charge on any atom is 0.222 e. The van der Waals surface area contributed by atoms with Crippen molar-refractivity contribution in [2.75, 3.05) is 44.7 Å². The average molecular weight is 543 g/mol. The van der Waals surface area contributed by atoms with Crippen molar-refractivity contribution in [1.82, 2.24) is 10.2 Å². The summed E-state index contributed by atoms with van der Waals surface area (Å²) in [4.78, 5) is 20.5. The minimum atomic E-state index is -0.437. The van der Waals surface area contributed by atoms with E-state index in [-0.39, 0.29) is 35.6 Å². The molecule has 0 aromatic heterocycles. The zero-order chi connectivity index (χ0) is 21.5. The molecular formula is C22H28F2IN5O. The van der Waals surface area contributed by atoms with Gasteiger partial charge in [0.2, 0.25) is 5.91 Å². The van der Waals surface area contributed by atoms with E-state index in [4.69, 9.17) is 5.73 Å². The molecule has 1 aliphatic heterocycles. The molecule has 2 aromatic rings. The summed E-state index contributed by atoms with van der Waals surface area (Å²) in [5.74, 6) is -0.699. The van der Waals surface area contributed by atoms with E-state index >= 15 is 0 Å². The normalized spacial score (nSPS) is 15.3. The zero-order valence-electron chi connectivity index (χ0n) is 17.4. The fraction of sp³-hybridized carbons (Fsp3) is 0.364. The predicted molar refractivity (Wildman–Crippen MR) is 130 cm³/mol. The summed E-state index contributed by atoms with van der Waals surface area (Å²) in [6, 6.07) is 12.6. The minimum absolute atomic E-state index is 0. The molecule has 1 unspecified atom stereocenters. The Kier molecular flexibility index (Phi) is 9.47. The molecule has 1 amide bonds. The van der Waals surface area contributed by atoms with Crippen molar-refractivity contribution < 1.29 is 13.6 Å². The fourth-order valence-electron chi connectivity index (χ4n) is 3.55. The number of halogens is 3. The number of nitrogens with zero attached hydrogens (tertiary/aromatic N) is 3. The molecule has 2 aromatic carbocycles. The highest BCUT2D eigenvalue weighted by atomic mass is 127. The van der Waals surface area contributed by atoms with Gasteiger partial charge in [0, 0.05) is 45.5 Å². The Morgan fingerprint density at radius 1 is 1.03 bits per heavy atom. The van der Waals surface area contributed by atoms with Crippen LogP contribution in [0.4, 0.5) is 14.5 Å². The van der Waals surface area contributed by atoms with Crippen LogP contribution in [0.5, 0.6) is 0 Å². The predicted octanol–water partition coefficient (Wildman–Crippen LogP) is 2.62. The topological polar surface area (TPSA) is 74.0 Å². The molecule has 168 valence electrons. The summed E-state index contributed by atoms with van der Waals surface area (Å²) in [5.41, 5.74) is 7.42. The number of carbonyl (C=O) groups is 1. The quantitative estimate of drug-likeness (QED) is 0.334. The van der Waals surface area contributed by atoms with Gasteiger partial charge in [-0.05, 0) is 48.4 Å². The van der Waals surface area contributed by atoms with E-state index in [9.17, 15) is 13.6 Å². The molecule has 1 atom stereocenters. The molecule has 1 fully saturated rings. The van der Waals surface area contributed by atoms with Crippen LogP contribution in [0, 0.1) is 17.6 Å². The number of amides is 1. The minimum Gasteiger partial charge on any atom is -0.369 e. The molecule has 0 aliphatic carbocycles. The number of nitrogens with one attached hydrogen (secondary N) is 1. The van der Waals surface area contributed by atoms with Gasteiger partial charge in [0.1, 0.15) is 11.6 Å². The number of primary amides is 1. The van der Waals surface area contributed by atoms with E-state index in [2.05, 4.69) is 20.1 Å². The van der Waals surface area contributed by atoms with Crippen LogP contribution in [0.25, 0.3) is 0 Å². The Bertz CT molecular complexity index is 868. The number of aliphatic imine (C=N–C) groups is 1. The lowest BCUT2D eigenvalue weighted by Gasteiger charge is -2.38. The van der Waals surface area contributed by atoms with Gasteiger partial charge in [-0.15, -0.1) is 24.0 Å². The number of guanidine groups is 1. The summed E-state index contributed by atoms with van der Waals surface area (Å²) in [7, 11) is 1.70. The van der Waals surface area contributed by atoms with E-state index in [0.717, 1.165) is 37.4 Å². The van der Waals surface area contributed by atoms with Gasteiger partial charge in [-0.1, -0.05) is 12.1 Å². The molecule has 1 saturated heterocycles. The van der Waals surface area contributed by atoms with Crippen molar-refractivity contribution in [3.05, 3.63) is 65.7 Å². The number of rotatable bonds is 6. The molecule has 0 bridgehead atoms.